The lowest BCUT2D eigenvalue weighted by molar-refractivity contribution is -0.150. The highest BCUT2D eigenvalue weighted by Crippen LogP contribution is 2.25. The summed E-state index contributed by atoms with van der Waals surface area (Å²) in [6.45, 7) is 2.67. The van der Waals surface area contributed by atoms with E-state index in [9.17, 15) is 18.0 Å². The molecule has 0 bridgehead atoms. The second kappa shape index (κ2) is 10.5. The van der Waals surface area contributed by atoms with Gasteiger partial charge in [-0.05, 0) is 48.1 Å². The number of unbranched alkanes of at least 4 members (excludes halogenated alkanes) is 3. The van der Waals surface area contributed by atoms with Gasteiger partial charge in [-0.3, -0.25) is 0 Å². The average Bonchev–Trinajstić information content (AvgIpc) is 2.72. The molecule has 0 amide bonds. The normalized spacial score (nSPS) is 11.0. The molecular weight excluding hydrogens is 379 g/mol. The molecule has 0 aliphatic rings. The molecule has 3 nitrogen and oxygen atoms in total. The highest BCUT2D eigenvalue weighted by atomic mass is 19.4. The van der Waals surface area contributed by atoms with E-state index < -0.39 is 17.7 Å². The quantitative estimate of drug-likeness (QED) is 0.295. The zero-order valence-corrected chi connectivity index (χ0v) is 16.0. The Morgan fingerprint density at radius 1 is 0.931 bits per heavy atom. The molecule has 2 aromatic rings. The van der Waals surface area contributed by atoms with Crippen LogP contribution < -0.4 is 0 Å². The van der Waals surface area contributed by atoms with Crippen LogP contribution in [0.4, 0.5) is 13.2 Å². The molecule has 6 heteroatoms. The first-order chi connectivity index (χ1) is 13.8. The van der Waals surface area contributed by atoms with E-state index in [1.807, 2.05) is 24.3 Å². The summed E-state index contributed by atoms with van der Waals surface area (Å²) in [6, 6.07) is 17.7. The maximum atomic E-state index is 12.3. The number of hydrogen-bond acceptors (Lipinski definition) is 3. The summed E-state index contributed by atoms with van der Waals surface area (Å²) in [5, 5.41) is 8.85. The van der Waals surface area contributed by atoms with E-state index in [1.54, 1.807) is 12.1 Å². The summed E-state index contributed by atoms with van der Waals surface area (Å²) >= 11 is 0. The van der Waals surface area contributed by atoms with Gasteiger partial charge in [-0.2, -0.15) is 18.4 Å². The lowest BCUT2D eigenvalue weighted by Gasteiger charge is -2.09. The van der Waals surface area contributed by atoms with Crippen LogP contribution in [0.15, 0.2) is 60.7 Å². The van der Waals surface area contributed by atoms with Crippen molar-refractivity contribution in [3.8, 4) is 17.2 Å². The van der Waals surface area contributed by atoms with E-state index in [0.29, 0.717) is 12.0 Å². The van der Waals surface area contributed by atoms with Crippen LogP contribution in [0.2, 0.25) is 0 Å². The van der Waals surface area contributed by atoms with Gasteiger partial charge < -0.3 is 4.74 Å². The third-order valence-corrected chi connectivity index (χ3v) is 4.48. The molecule has 0 saturated carbocycles. The van der Waals surface area contributed by atoms with Crippen LogP contribution in [-0.2, 0) is 16.0 Å². The molecule has 0 aliphatic heterocycles. The predicted molar refractivity (Wildman–Crippen MR) is 105 cm³/mol. The summed E-state index contributed by atoms with van der Waals surface area (Å²) in [7, 11) is 0. The first kappa shape index (κ1) is 22.2. The van der Waals surface area contributed by atoms with Gasteiger partial charge in [0.25, 0.3) is 0 Å². The molecule has 0 spiro atoms. The van der Waals surface area contributed by atoms with E-state index in [2.05, 4.69) is 29.5 Å². The molecule has 2 rings (SSSR count). The summed E-state index contributed by atoms with van der Waals surface area (Å²) in [4.78, 5) is 11.2. The van der Waals surface area contributed by atoms with Crippen LogP contribution >= 0.6 is 0 Å². The smallest absolute Gasteiger partial charge is 0.422 e. The van der Waals surface area contributed by atoms with Crippen LogP contribution in [0.25, 0.3) is 11.1 Å². The minimum absolute atomic E-state index is 0.0345. The summed E-state index contributed by atoms with van der Waals surface area (Å²) in [5.41, 5.74) is 2.50. The van der Waals surface area contributed by atoms with E-state index in [1.165, 1.54) is 5.56 Å². The first-order valence-corrected chi connectivity index (χ1v) is 9.34. The minimum atomic E-state index is -4.74. The largest absolute Gasteiger partial charge is 0.462 e. The average molecular weight is 401 g/mol. The van der Waals surface area contributed by atoms with E-state index in [4.69, 9.17) is 5.26 Å². The van der Waals surface area contributed by atoms with Crippen molar-refractivity contribution in [3.63, 3.8) is 0 Å². The Morgan fingerprint density at radius 3 is 2.03 bits per heavy atom. The van der Waals surface area contributed by atoms with Crippen molar-refractivity contribution < 1.29 is 22.7 Å². The summed E-state index contributed by atoms with van der Waals surface area (Å²) in [6.07, 6.45) is -0.705. The maximum Gasteiger partial charge on any atom is 0.422 e. The number of esters is 1. The Labute approximate surface area is 168 Å². The van der Waals surface area contributed by atoms with Gasteiger partial charge in [0.2, 0.25) is 0 Å². The number of carbonyl (C=O) groups excluding carboxylic acids is 1. The van der Waals surface area contributed by atoms with Crippen LogP contribution in [0.5, 0.6) is 0 Å². The van der Waals surface area contributed by atoms with Crippen LogP contribution in [0.3, 0.4) is 0 Å². The number of alkyl halides is 3. The predicted octanol–water partition coefficient (Wildman–Crippen LogP) is 5.99. The van der Waals surface area contributed by atoms with Crippen molar-refractivity contribution in [1.29, 1.82) is 5.26 Å². The van der Waals surface area contributed by atoms with Crippen LogP contribution in [-0.4, -0.2) is 18.8 Å². The van der Waals surface area contributed by atoms with E-state index in [0.717, 1.165) is 36.8 Å². The highest BCUT2D eigenvalue weighted by Gasteiger charge is 2.37. The molecule has 0 aliphatic carbocycles. The van der Waals surface area contributed by atoms with Crippen LogP contribution in [0.1, 0.15) is 36.8 Å². The highest BCUT2D eigenvalue weighted by molar-refractivity contribution is 5.89. The lowest BCUT2D eigenvalue weighted by atomic mass is 10.0. The van der Waals surface area contributed by atoms with Crippen molar-refractivity contribution in [2.45, 2.75) is 38.3 Å². The second-order valence-electron chi connectivity index (χ2n) is 6.66. The third kappa shape index (κ3) is 7.11. The SMILES string of the molecule is C=C(C(=O)OCCCCCCc1ccc(-c2ccc(C#N)cc2)cc1)C(F)(F)F. The molecule has 0 heterocycles. The molecular formula is C23H22F3NO2. The van der Waals surface area contributed by atoms with Gasteiger partial charge in [-0.15, -0.1) is 0 Å². The van der Waals surface area contributed by atoms with E-state index >= 15 is 0 Å². The van der Waals surface area contributed by atoms with Gasteiger partial charge in [0.1, 0.15) is 5.57 Å². The number of nitrogens with zero attached hydrogens (tertiary/aromatic N) is 1. The Bertz CT molecular complexity index is 863. The Morgan fingerprint density at radius 2 is 1.48 bits per heavy atom. The van der Waals surface area contributed by atoms with E-state index in [-0.39, 0.29) is 6.61 Å². The number of aryl methyl sites for hydroxylation is 1. The molecule has 0 atom stereocenters. The van der Waals surface area contributed by atoms with Crippen molar-refractivity contribution in [2.75, 3.05) is 6.61 Å². The lowest BCUT2D eigenvalue weighted by Crippen LogP contribution is -2.21. The number of benzene rings is 2. The molecule has 0 N–H and O–H groups in total. The standard InChI is InChI=1S/C23H22F3NO2/c1-17(23(24,25)26)22(28)29-15-5-3-2-4-6-18-7-11-20(12-8-18)21-13-9-19(16-27)10-14-21/h7-14H,1-6,15H2. The second-order valence-corrected chi connectivity index (χ2v) is 6.66. The molecule has 0 fully saturated rings. The number of rotatable bonds is 9. The number of ether oxygens (including phenoxy) is 1. The summed E-state index contributed by atoms with van der Waals surface area (Å²) in [5.74, 6) is -1.40. The van der Waals surface area contributed by atoms with Gasteiger partial charge in [-0.25, -0.2) is 4.79 Å². The topological polar surface area (TPSA) is 50.1 Å². The zero-order chi connectivity index (χ0) is 21.3. The number of nitriles is 1. The molecule has 29 heavy (non-hydrogen) atoms. The molecule has 0 unspecified atom stereocenters. The molecule has 2 aromatic carbocycles. The minimum Gasteiger partial charge on any atom is -0.462 e. The first-order valence-electron chi connectivity index (χ1n) is 9.34. The fraction of sp³-hybridized carbons (Fsp3) is 0.304. The fourth-order valence-electron chi connectivity index (χ4n) is 2.75. The molecule has 0 aromatic heterocycles. The van der Waals surface area contributed by atoms with Gasteiger partial charge >= 0.3 is 12.1 Å². The van der Waals surface area contributed by atoms with Gasteiger partial charge in [0.05, 0.1) is 18.2 Å². The van der Waals surface area contributed by atoms with Gasteiger partial charge in [0, 0.05) is 0 Å². The fourth-order valence-corrected chi connectivity index (χ4v) is 2.75. The number of hydrogen-bond donors (Lipinski definition) is 0. The van der Waals surface area contributed by atoms with Gasteiger partial charge in [-0.1, -0.05) is 55.8 Å². The summed E-state index contributed by atoms with van der Waals surface area (Å²) < 4.78 is 41.4. The monoisotopic (exact) mass is 401 g/mol. The number of halogens is 3. The Hall–Kier alpha value is -3.07. The number of carbonyl (C=O) groups is 1. The Balaban J connectivity index is 1.65. The maximum absolute atomic E-state index is 12.3. The molecule has 0 saturated heterocycles. The van der Waals surface area contributed by atoms with Crippen molar-refractivity contribution in [2.24, 2.45) is 0 Å². The molecule has 0 radical (unpaired) electrons. The Kier molecular flexibility index (Phi) is 8.02. The van der Waals surface area contributed by atoms with Crippen molar-refractivity contribution in [3.05, 3.63) is 71.8 Å². The van der Waals surface area contributed by atoms with Crippen molar-refractivity contribution in [1.82, 2.24) is 0 Å². The third-order valence-electron chi connectivity index (χ3n) is 4.48. The zero-order valence-electron chi connectivity index (χ0n) is 16.0. The molecule has 152 valence electrons. The van der Waals surface area contributed by atoms with Crippen LogP contribution in [0, 0.1) is 11.3 Å². The van der Waals surface area contributed by atoms with Gasteiger partial charge in [0.15, 0.2) is 0 Å². The van der Waals surface area contributed by atoms with Crippen molar-refractivity contribution >= 4 is 5.97 Å².